The molecule has 3 aromatic rings. The number of aromatic nitrogens is 4. The predicted octanol–water partition coefficient (Wildman–Crippen LogP) is 2.96. The molecule has 1 aliphatic rings. The molecule has 1 aliphatic heterocycles. The SMILES string of the molecule is CCC(=NN=C(C)c1ccc2c(c1)CCO2)OCc1c(C)cccc1-n1nnn(C)c1=O. The van der Waals surface area contributed by atoms with Crippen LogP contribution in [-0.4, -0.2) is 38.0 Å². The van der Waals surface area contributed by atoms with Crippen LogP contribution in [-0.2, 0) is 24.8 Å². The van der Waals surface area contributed by atoms with Gasteiger partial charge in [0.2, 0.25) is 5.90 Å². The lowest BCUT2D eigenvalue weighted by Crippen LogP contribution is -2.23. The molecule has 0 amide bonds. The Morgan fingerprint density at radius 1 is 1.22 bits per heavy atom. The maximum absolute atomic E-state index is 12.3. The maximum Gasteiger partial charge on any atom is 0.368 e. The van der Waals surface area contributed by atoms with Gasteiger partial charge in [-0.05, 0) is 65.2 Å². The van der Waals surface area contributed by atoms with Gasteiger partial charge in [0.25, 0.3) is 0 Å². The molecule has 0 aliphatic carbocycles. The minimum atomic E-state index is -0.318. The van der Waals surface area contributed by atoms with E-state index >= 15 is 0 Å². The molecule has 9 nitrogen and oxygen atoms in total. The average Bonchev–Trinajstić information content (AvgIpc) is 3.40. The van der Waals surface area contributed by atoms with Crippen molar-refractivity contribution in [3.63, 3.8) is 0 Å². The lowest BCUT2D eigenvalue weighted by atomic mass is 10.1. The predicted molar refractivity (Wildman–Crippen MR) is 122 cm³/mol. The monoisotopic (exact) mass is 434 g/mol. The number of hydrogen-bond acceptors (Lipinski definition) is 7. The smallest absolute Gasteiger partial charge is 0.368 e. The van der Waals surface area contributed by atoms with Gasteiger partial charge in [0.05, 0.1) is 18.0 Å². The molecule has 2 heterocycles. The van der Waals surface area contributed by atoms with Crippen molar-refractivity contribution in [2.24, 2.45) is 17.3 Å². The van der Waals surface area contributed by atoms with Crippen LogP contribution in [0.5, 0.6) is 5.75 Å². The Morgan fingerprint density at radius 3 is 2.81 bits per heavy atom. The van der Waals surface area contributed by atoms with Crippen LogP contribution in [0.2, 0.25) is 0 Å². The molecule has 32 heavy (non-hydrogen) atoms. The Kier molecular flexibility index (Phi) is 6.16. The van der Waals surface area contributed by atoms with Gasteiger partial charge >= 0.3 is 5.69 Å². The minimum Gasteiger partial charge on any atom is -0.493 e. The van der Waals surface area contributed by atoms with Gasteiger partial charge in [-0.15, -0.1) is 5.10 Å². The third-order valence-corrected chi connectivity index (χ3v) is 5.44. The van der Waals surface area contributed by atoms with Crippen molar-refractivity contribution in [3.05, 3.63) is 69.1 Å². The molecular weight excluding hydrogens is 408 g/mol. The molecule has 0 radical (unpaired) electrons. The fourth-order valence-electron chi connectivity index (χ4n) is 3.50. The molecule has 0 atom stereocenters. The third-order valence-electron chi connectivity index (χ3n) is 5.44. The standard InChI is InChI=1S/C23H26N6O3/c1-5-22(25-24-16(3)17-9-10-21-18(13-17)11-12-31-21)32-14-19-15(2)7-6-8-20(19)29-23(30)28(4)26-27-29/h6-10,13H,5,11-12,14H2,1-4H3. The first-order valence-electron chi connectivity index (χ1n) is 10.6. The van der Waals surface area contributed by atoms with E-state index in [1.807, 2.05) is 51.1 Å². The normalized spacial score (nSPS) is 13.8. The van der Waals surface area contributed by atoms with E-state index in [-0.39, 0.29) is 12.3 Å². The summed E-state index contributed by atoms with van der Waals surface area (Å²) in [5.41, 5.74) is 5.15. The first kappa shape index (κ1) is 21.5. The van der Waals surface area contributed by atoms with Crippen LogP contribution in [0.1, 0.15) is 42.5 Å². The topological polar surface area (TPSA) is 95.9 Å². The second-order valence-electron chi connectivity index (χ2n) is 7.61. The van der Waals surface area contributed by atoms with Crippen LogP contribution in [0, 0.1) is 6.92 Å². The van der Waals surface area contributed by atoms with Crippen LogP contribution in [0.25, 0.3) is 5.69 Å². The van der Waals surface area contributed by atoms with Gasteiger partial charge in [-0.2, -0.15) is 14.5 Å². The minimum absolute atomic E-state index is 0.239. The van der Waals surface area contributed by atoms with Gasteiger partial charge in [-0.1, -0.05) is 19.1 Å². The summed E-state index contributed by atoms with van der Waals surface area (Å²) in [6.45, 7) is 6.81. The summed E-state index contributed by atoms with van der Waals surface area (Å²) >= 11 is 0. The van der Waals surface area contributed by atoms with Crippen molar-refractivity contribution >= 4 is 11.6 Å². The molecule has 0 saturated heterocycles. The van der Waals surface area contributed by atoms with Crippen LogP contribution >= 0.6 is 0 Å². The molecule has 0 unspecified atom stereocenters. The highest BCUT2D eigenvalue weighted by Gasteiger charge is 2.15. The highest BCUT2D eigenvalue weighted by molar-refractivity contribution is 5.99. The number of hydrogen-bond donors (Lipinski definition) is 0. The highest BCUT2D eigenvalue weighted by Crippen LogP contribution is 2.26. The molecule has 0 fully saturated rings. The number of tetrazole rings is 1. The molecule has 2 aromatic carbocycles. The molecule has 166 valence electrons. The van der Waals surface area contributed by atoms with Crippen molar-refractivity contribution in [1.82, 2.24) is 19.8 Å². The number of aryl methyl sites for hydroxylation is 2. The maximum atomic E-state index is 12.3. The van der Waals surface area contributed by atoms with Crippen molar-refractivity contribution in [3.8, 4) is 11.4 Å². The van der Waals surface area contributed by atoms with Crippen LogP contribution in [0.3, 0.4) is 0 Å². The van der Waals surface area contributed by atoms with E-state index in [1.54, 1.807) is 7.05 Å². The van der Waals surface area contributed by atoms with E-state index in [9.17, 15) is 4.79 Å². The van der Waals surface area contributed by atoms with Crippen LogP contribution in [0.4, 0.5) is 0 Å². The third kappa shape index (κ3) is 4.32. The van der Waals surface area contributed by atoms with Gasteiger partial charge in [-0.3, -0.25) is 0 Å². The number of rotatable bonds is 6. The Hall–Kier alpha value is -3.75. The zero-order valence-electron chi connectivity index (χ0n) is 18.7. The summed E-state index contributed by atoms with van der Waals surface area (Å²) in [7, 11) is 1.56. The van der Waals surface area contributed by atoms with E-state index in [1.165, 1.54) is 14.9 Å². The average molecular weight is 435 g/mol. The Bertz CT molecular complexity index is 1250. The fraction of sp³-hybridized carbons (Fsp3) is 0.348. The van der Waals surface area contributed by atoms with Crippen LogP contribution < -0.4 is 10.4 Å². The lowest BCUT2D eigenvalue weighted by molar-refractivity contribution is 0.282. The number of nitrogens with zero attached hydrogens (tertiary/aromatic N) is 6. The van der Waals surface area contributed by atoms with E-state index < -0.39 is 0 Å². The molecule has 9 heteroatoms. The molecule has 4 rings (SSSR count). The van der Waals surface area contributed by atoms with E-state index in [4.69, 9.17) is 9.47 Å². The second-order valence-corrected chi connectivity index (χ2v) is 7.61. The lowest BCUT2D eigenvalue weighted by Gasteiger charge is -2.13. The molecule has 0 spiro atoms. The highest BCUT2D eigenvalue weighted by atomic mass is 16.5. The van der Waals surface area contributed by atoms with Gasteiger partial charge in [0.1, 0.15) is 12.4 Å². The van der Waals surface area contributed by atoms with E-state index in [2.05, 4.69) is 26.7 Å². The first-order chi connectivity index (χ1) is 15.5. The quantitative estimate of drug-likeness (QED) is 0.338. The largest absolute Gasteiger partial charge is 0.493 e. The molecule has 1 aromatic heterocycles. The molecule has 0 N–H and O–H groups in total. The summed E-state index contributed by atoms with van der Waals surface area (Å²) in [6, 6.07) is 11.7. The Morgan fingerprint density at radius 2 is 2.06 bits per heavy atom. The fourth-order valence-corrected chi connectivity index (χ4v) is 3.50. The summed E-state index contributed by atoms with van der Waals surface area (Å²) in [6.07, 6.45) is 1.50. The number of fused-ring (bicyclic) bond motifs is 1. The summed E-state index contributed by atoms with van der Waals surface area (Å²) < 4.78 is 14.0. The van der Waals surface area contributed by atoms with Crippen LogP contribution in [0.15, 0.2) is 51.4 Å². The zero-order chi connectivity index (χ0) is 22.7. The molecule has 0 bridgehead atoms. The van der Waals surface area contributed by atoms with Crippen molar-refractivity contribution in [2.45, 2.75) is 40.2 Å². The van der Waals surface area contributed by atoms with Crippen molar-refractivity contribution in [1.29, 1.82) is 0 Å². The summed E-state index contributed by atoms with van der Waals surface area (Å²) in [5, 5.41) is 16.5. The van der Waals surface area contributed by atoms with Crippen molar-refractivity contribution < 1.29 is 9.47 Å². The van der Waals surface area contributed by atoms with E-state index in [0.717, 1.165) is 41.2 Å². The van der Waals surface area contributed by atoms with E-state index in [0.29, 0.717) is 18.0 Å². The summed E-state index contributed by atoms with van der Waals surface area (Å²) in [5.74, 6) is 1.45. The van der Waals surface area contributed by atoms with Gasteiger partial charge in [0, 0.05) is 25.5 Å². The second kappa shape index (κ2) is 9.17. The number of benzene rings is 2. The zero-order valence-corrected chi connectivity index (χ0v) is 18.7. The Labute approximate surface area is 186 Å². The van der Waals surface area contributed by atoms with Crippen molar-refractivity contribution in [2.75, 3.05) is 6.61 Å². The molecule has 0 saturated carbocycles. The number of ether oxygens (including phenoxy) is 2. The van der Waals surface area contributed by atoms with Gasteiger partial charge in [0.15, 0.2) is 0 Å². The summed E-state index contributed by atoms with van der Waals surface area (Å²) in [4.78, 5) is 12.3. The molecular formula is C23H26N6O3. The van der Waals surface area contributed by atoms with Gasteiger partial charge < -0.3 is 9.47 Å². The first-order valence-corrected chi connectivity index (χ1v) is 10.6. The Balaban J connectivity index is 1.54. The van der Waals surface area contributed by atoms with Gasteiger partial charge in [-0.25, -0.2) is 4.79 Å².